The first kappa shape index (κ1) is 16.2. The van der Waals surface area contributed by atoms with Crippen molar-refractivity contribution in [2.45, 2.75) is 26.1 Å². The van der Waals surface area contributed by atoms with Crippen LogP contribution in [0.4, 0.5) is 0 Å². The van der Waals surface area contributed by atoms with Crippen molar-refractivity contribution in [3.63, 3.8) is 0 Å². The number of carboxylic acid groups (broad SMARTS) is 1. The Labute approximate surface area is 129 Å². The third-order valence-corrected chi connectivity index (χ3v) is 3.36. The number of hydrogen-bond donors (Lipinski definition) is 2. The molecular weight excluding hydrogens is 282 g/mol. The van der Waals surface area contributed by atoms with Crippen LogP contribution in [0, 0.1) is 0 Å². The van der Waals surface area contributed by atoms with E-state index in [9.17, 15) is 4.79 Å². The largest absolute Gasteiger partial charge is 0.478 e. The van der Waals surface area contributed by atoms with Crippen LogP contribution in [0.5, 0.6) is 0 Å². The van der Waals surface area contributed by atoms with Gasteiger partial charge in [0.1, 0.15) is 0 Å². The van der Waals surface area contributed by atoms with Crippen molar-refractivity contribution >= 4 is 5.97 Å². The standard InChI is InChI=1S/C16H21N3O3/c1-22-10-2-9-19-15(7-8-18-19)12-17-11-13-3-5-14(6-4-13)16(20)21/h3-8,17H,2,9-12H2,1H3,(H,20,21). The van der Waals surface area contributed by atoms with E-state index in [-0.39, 0.29) is 0 Å². The number of carboxylic acids is 1. The number of nitrogens with zero attached hydrogens (tertiary/aromatic N) is 2. The molecule has 2 rings (SSSR count). The van der Waals surface area contributed by atoms with Gasteiger partial charge in [-0.1, -0.05) is 12.1 Å². The topological polar surface area (TPSA) is 76.4 Å². The van der Waals surface area contributed by atoms with Gasteiger partial charge in [-0.3, -0.25) is 4.68 Å². The predicted molar refractivity (Wildman–Crippen MR) is 82.7 cm³/mol. The van der Waals surface area contributed by atoms with Crippen LogP contribution in [0.2, 0.25) is 0 Å². The molecule has 0 saturated heterocycles. The second kappa shape index (κ2) is 8.31. The van der Waals surface area contributed by atoms with Gasteiger partial charge in [0.15, 0.2) is 0 Å². The number of rotatable bonds is 9. The third-order valence-electron chi connectivity index (χ3n) is 3.36. The summed E-state index contributed by atoms with van der Waals surface area (Å²) in [6.45, 7) is 2.96. The fourth-order valence-electron chi connectivity index (χ4n) is 2.17. The summed E-state index contributed by atoms with van der Waals surface area (Å²) in [4.78, 5) is 10.8. The number of aryl methyl sites for hydroxylation is 1. The molecular formula is C16H21N3O3. The van der Waals surface area contributed by atoms with Crippen molar-refractivity contribution in [2.75, 3.05) is 13.7 Å². The SMILES string of the molecule is COCCCn1nccc1CNCc1ccc(C(=O)O)cc1. The smallest absolute Gasteiger partial charge is 0.335 e. The molecule has 0 unspecified atom stereocenters. The molecule has 0 fully saturated rings. The molecule has 0 aliphatic heterocycles. The lowest BCUT2D eigenvalue weighted by Crippen LogP contribution is -2.17. The number of nitrogens with one attached hydrogen (secondary N) is 1. The van der Waals surface area contributed by atoms with Crippen molar-refractivity contribution < 1.29 is 14.6 Å². The Morgan fingerprint density at radius 1 is 1.27 bits per heavy atom. The van der Waals surface area contributed by atoms with Crippen LogP contribution in [0.1, 0.15) is 28.0 Å². The zero-order valence-electron chi connectivity index (χ0n) is 12.7. The van der Waals surface area contributed by atoms with Crippen LogP contribution in [0.3, 0.4) is 0 Å². The zero-order valence-corrected chi connectivity index (χ0v) is 12.7. The van der Waals surface area contributed by atoms with Crippen LogP contribution >= 0.6 is 0 Å². The van der Waals surface area contributed by atoms with Gasteiger partial charge in [-0.2, -0.15) is 5.10 Å². The molecule has 1 heterocycles. The molecule has 6 heteroatoms. The minimum atomic E-state index is -0.903. The highest BCUT2D eigenvalue weighted by Gasteiger charge is 2.04. The molecule has 0 aliphatic carbocycles. The summed E-state index contributed by atoms with van der Waals surface area (Å²) >= 11 is 0. The summed E-state index contributed by atoms with van der Waals surface area (Å²) < 4.78 is 7.02. The van der Waals surface area contributed by atoms with E-state index in [1.54, 1.807) is 25.4 Å². The molecule has 0 atom stereocenters. The first-order valence-electron chi connectivity index (χ1n) is 7.23. The normalized spacial score (nSPS) is 10.8. The second-order valence-electron chi connectivity index (χ2n) is 5.00. The minimum Gasteiger partial charge on any atom is -0.478 e. The molecule has 0 bridgehead atoms. The van der Waals surface area contributed by atoms with Crippen LogP contribution in [0.25, 0.3) is 0 Å². The minimum absolute atomic E-state index is 0.306. The van der Waals surface area contributed by atoms with Crippen molar-refractivity contribution in [2.24, 2.45) is 0 Å². The fraction of sp³-hybridized carbons (Fsp3) is 0.375. The van der Waals surface area contributed by atoms with Crippen molar-refractivity contribution in [1.29, 1.82) is 0 Å². The maximum Gasteiger partial charge on any atom is 0.335 e. The highest BCUT2D eigenvalue weighted by atomic mass is 16.5. The Hall–Kier alpha value is -2.18. The molecule has 0 spiro atoms. The Morgan fingerprint density at radius 2 is 2.05 bits per heavy atom. The number of benzene rings is 1. The summed E-state index contributed by atoms with van der Waals surface area (Å²) in [6.07, 6.45) is 2.73. The summed E-state index contributed by atoms with van der Waals surface area (Å²) in [7, 11) is 1.70. The molecule has 0 amide bonds. The molecule has 0 radical (unpaired) electrons. The maximum atomic E-state index is 10.8. The van der Waals surface area contributed by atoms with Crippen LogP contribution in [-0.4, -0.2) is 34.6 Å². The molecule has 1 aromatic carbocycles. The third kappa shape index (κ3) is 4.68. The van der Waals surface area contributed by atoms with E-state index in [4.69, 9.17) is 9.84 Å². The average Bonchev–Trinajstić information content (AvgIpc) is 2.96. The van der Waals surface area contributed by atoms with E-state index in [2.05, 4.69) is 10.4 Å². The lowest BCUT2D eigenvalue weighted by atomic mass is 10.1. The van der Waals surface area contributed by atoms with E-state index in [0.29, 0.717) is 18.7 Å². The number of hydrogen-bond acceptors (Lipinski definition) is 4. The number of methoxy groups -OCH3 is 1. The molecule has 2 aromatic rings. The first-order valence-corrected chi connectivity index (χ1v) is 7.23. The van der Waals surface area contributed by atoms with Gasteiger partial charge in [0, 0.05) is 39.5 Å². The fourth-order valence-corrected chi connectivity index (χ4v) is 2.17. The van der Waals surface area contributed by atoms with Gasteiger partial charge in [-0.05, 0) is 30.2 Å². The average molecular weight is 303 g/mol. The Bertz CT molecular complexity index is 593. The van der Waals surface area contributed by atoms with Crippen molar-refractivity contribution in [1.82, 2.24) is 15.1 Å². The van der Waals surface area contributed by atoms with Crippen LogP contribution in [-0.2, 0) is 24.4 Å². The van der Waals surface area contributed by atoms with E-state index in [0.717, 1.165) is 30.8 Å². The number of ether oxygens (including phenoxy) is 1. The lowest BCUT2D eigenvalue weighted by Gasteiger charge is -2.09. The molecule has 118 valence electrons. The monoisotopic (exact) mass is 303 g/mol. The molecule has 1 aromatic heterocycles. The van der Waals surface area contributed by atoms with Gasteiger partial charge >= 0.3 is 5.97 Å². The molecule has 6 nitrogen and oxygen atoms in total. The quantitative estimate of drug-likeness (QED) is 0.692. The highest BCUT2D eigenvalue weighted by Crippen LogP contribution is 2.05. The van der Waals surface area contributed by atoms with Gasteiger partial charge < -0.3 is 15.2 Å². The van der Waals surface area contributed by atoms with Crippen LogP contribution in [0.15, 0.2) is 36.5 Å². The van der Waals surface area contributed by atoms with Crippen molar-refractivity contribution in [3.05, 3.63) is 53.3 Å². The molecule has 2 N–H and O–H groups in total. The van der Waals surface area contributed by atoms with Gasteiger partial charge in [0.05, 0.1) is 11.3 Å². The van der Waals surface area contributed by atoms with Gasteiger partial charge in [0.2, 0.25) is 0 Å². The Balaban J connectivity index is 1.81. The van der Waals surface area contributed by atoms with Crippen molar-refractivity contribution in [3.8, 4) is 0 Å². The molecule has 22 heavy (non-hydrogen) atoms. The number of aromatic nitrogens is 2. The summed E-state index contributed by atoms with van der Waals surface area (Å²) in [5.41, 5.74) is 2.48. The number of carbonyl (C=O) groups is 1. The lowest BCUT2D eigenvalue weighted by molar-refractivity contribution is 0.0697. The summed E-state index contributed by atoms with van der Waals surface area (Å²) in [6, 6.07) is 8.88. The van der Waals surface area contributed by atoms with Gasteiger partial charge in [-0.25, -0.2) is 4.79 Å². The van der Waals surface area contributed by atoms with Gasteiger partial charge in [0.25, 0.3) is 0 Å². The Morgan fingerprint density at radius 3 is 2.73 bits per heavy atom. The Kier molecular flexibility index (Phi) is 6.12. The molecule has 0 saturated carbocycles. The maximum absolute atomic E-state index is 10.8. The predicted octanol–water partition coefficient (Wildman–Crippen LogP) is 1.91. The zero-order chi connectivity index (χ0) is 15.8. The summed E-state index contributed by atoms with van der Waals surface area (Å²) in [5, 5.41) is 16.5. The summed E-state index contributed by atoms with van der Waals surface area (Å²) in [5.74, 6) is -0.903. The van der Waals surface area contributed by atoms with E-state index >= 15 is 0 Å². The van der Waals surface area contributed by atoms with E-state index < -0.39 is 5.97 Å². The number of aromatic carboxylic acids is 1. The van der Waals surface area contributed by atoms with Crippen LogP contribution < -0.4 is 5.32 Å². The first-order chi connectivity index (χ1) is 10.7. The highest BCUT2D eigenvalue weighted by molar-refractivity contribution is 5.87. The molecule has 0 aliphatic rings. The van der Waals surface area contributed by atoms with E-state index in [1.807, 2.05) is 22.9 Å². The van der Waals surface area contributed by atoms with E-state index in [1.165, 1.54) is 0 Å². The van der Waals surface area contributed by atoms with Gasteiger partial charge in [-0.15, -0.1) is 0 Å². The second-order valence-corrected chi connectivity index (χ2v) is 5.00.